The van der Waals surface area contributed by atoms with Crippen LogP contribution < -0.4 is 4.74 Å². The molecule has 1 amide bonds. The third-order valence-electron chi connectivity index (χ3n) is 5.37. The molecule has 1 aromatic carbocycles. The van der Waals surface area contributed by atoms with Gasteiger partial charge in [0.1, 0.15) is 11.4 Å². The lowest BCUT2D eigenvalue weighted by Crippen LogP contribution is -2.44. The van der Waals surface area contributed by atoms with Gasteiger partial charge in [-0.25, -0.2) is 9.59 Å². The van der Waals surface area contributed by atoms with E-state index in [1.54, 1.807) is 27.9 Å². The number of benzene rings is 1. The minimum atomic E-state index is -0.741. The molecule has 0 saturated carbocycles. The van der Waals surface area contributed by atoms with E-state index in [0.29, 0.717) is 12.2 Å². The second kappa shape index (κ2) is 9.98. The van der Waals surface area contributed by atoms with E-state index in [2.05, 4.69) is 18.6 Å². The standard InChI is InChI=1S/C24H33NO6/c1-15(2)18-14-19(20(26)12-13-21(27)30-7)25(23(28)31-24(3,4)5)22(18)16-8-10-17(29-6)11-9-16/h8-13,15,18-19,22H,14H2,1-7H3/b13-12+/t18-,19-,22-/m0/s1. The van der Waals surface area contributed by atoms with Crippen molar-refractivity contribution in [1.29, 1.82) is 0 Å². The van der Waals surface area contributed by atoms with Gasteiger partial charge in [-0.3, -0.25) is 9.69 Å². The van der Waals surface area contributed by atoms with Crippen molar-refractivity contribution in [3.05, 3.63) is 42.0 Å². The van der Waals surface area contributed by atoms with Gasteiger partial charge in [-0.05, 0) is 62.8 Å². The molecule has 0 spiro atoms. The molecule has 0 unspecified atom stereocenters. The lowest BCUT2D eigenvalue weighted by atomic mass is 9.84. The molecule has 0 N–H and O–H groups in total. The van der Waals surface area contributed by atoms with Crippen LogP contribution in [0.2, 0.25) is 0 Å². The Balaban J connectivity index is 2.50. The Kier molecular flexibility index (Phi) is 7.87. The van der Waals surface area contributed by atoms with Crippen molar-refractivity contribution in [2.24, 2.45) is 11.8 Å². The van der Waals surface area contributed by atoms with Gasteiger partial charge in [0, 0.05) is 6.08 Å². The zero-order valence-electron chi connectivity index (χ0n) is 19.4. The molecule has 170 valence electrons. The van der Waals surface area contributed by atoms with E-state index in [0.717, 1.165) is 11.6 Å². The summed E-state index contributed by atoms with van der Waals surface area (Å²) in [6.45, 7) is 9.52. The zero-order valence-corrected chi connectivity index (χ0v) is 19.4. The molecular formula is C24H33NO6. The summed E-state index contributed by atoms with van der Waals surface area (Å²) in [5, 5.41) is 0. The average Bonchev–Trinajstić information content (AvgIpc) is 3.11. The van der Waals surface area contributed by atoms with Gasteiger partial charge in [-0.15, -0.1) is 0 Å². The number of carbonyl (C=O) groups excluding carboxylic acids is 3. The minimum absolute atomic E-state index is 0.0291. The maximum Gasteiger partial charge on any atom is 0.411 e. The highest BCUT2D eigenvalue weighted by atomic mass is 16.6. The van der Waals surface area contributed by atoms with E-state index < -0.39 is 23.7 Å². The first-order valence-corrected chi connectivity index (χ1v) is 10.4. The second-order valence-electron chi connectivity index (χ2n) is 9.02. The van der Waals surface area contributed by atoms with Crippen molar-refractivity contribution in [3.8, 4) is 5.75 Å². The molecule has 0 radical (unpaired) electrons. The minimum Gasteiger partial charge on any atom is -0.497 e. The van der Waals surface area contributed by atoms with E-state index in [1.807, 2.05) is 24.3 Å². The third kappa shape index (κ3) is 6.09. The fraction of sp³-hybridized carbons (Fsp3) is 0.542. The largest absolute Gasteiger partial charge is 0.497 e. The van der Waals surface area contributed by atoms with E-state index in [1.165, 1.54) is 18.1 Å². The molecule has 2 rings (SSSR count). The van der Waals surface area contributed by atoms with Crippen molar-refractivity contribution >= 4 is 17.8 Å². The molecule has 1 saturated heterocycles. The molecule has 1 heterocycles. The van der Waals surface area contributed by atoms with Crippen LogP contribution in [-0.2, 0) is 19.1 Å². The van der Waals surface area contributed by atoms with Gasteiger partial charge in [-0.2, -0.15) is 0 Å². The summed E-state index contributed by atoms with van der Waals surface area (Å²) >= 11 is 0. The number of methoxy groups -OCH3 is 2. The third-order valence-corrected chi connectivity index (χ3v) is 5.37. The van der Waals surface area contributed by atoms with Crippen LogP contribution in [0.5, 0.6) is 5.75 Å². The fourth-order valence-electron chi connectivity index (χ4n) is 3.88. The van der Waals surface area contributed by atoms with Crippen molar-refractivity contribution in [3.63, 3.8) is 0 Å². The topological polar surface area (TPSA) is 82.1 Å². The second-order valence-corrected chi connectivity index (χ2v) is 9.02. The number of carbonyl (C=O) groups is 3. The molecule has 7 heteroatoms. The number of nitrogens with zero attached hydrogens (tertiary/aromatic N) is 1. The summed E-state index contributed by atoms with van der Waals surface area (Å²) < 4.78 is 15.5. The Morgan fingerprint density at radius 3 is 2.16 bits per heavy atom. The van der Waals surface area contributed by atoms with Crippen molar-refractivity contribution in [1.82, 2.24) is 4.90 Å². The summed E-state index contributed by atoms with van der Waals surface area (Å²) in [4.78, 5) is 39.3. The molecule has 0 bridgehead atoms. The summed E-state index contributed by atoms with van der Waals surface area (Å²) in [6.07, 6.45) is 2.18. The molecule has 1 fully saturated rings. The Morgan fingerprint density at radius 2 is 1.68 bits per heavy atom. The van der Waals surface area contributed by atoms with Crippen molar-refractivity contribution < 1.29 is 28.6 Å². The normalized spacial score (nSPS) is 21.4. The highest BCUT2D eigenvalue weighted by molar-refractivity contribution is 6.00. The van der Waals surface area contributed by atoms with Crippen LogP contribution in [-0.4, -0.2) is 48.6 Å². The van der Waals surface area contributed by atoms with Gasteiger partial charge in [0.2, 0.25) is 0 Å². The predicted octanol–water partition coefficient (Wildman–Crippen LogP) is 4.32. The predicted molar refractivity (Wildman–Crippen MR) is 117 cm³/mol. The molecule has 0 aliphatic carbocycles. The molecule has 3 atom stereocenters. The molecular weight excluding hydrogens is 398 g/mol. The fourth-order valence-corrected chi connectivity index (χ4v) is 3.88. The van der Waals surface area contributed by atoms with Crippen LogP contribution in [0.4, 0.5) is 4.79 Å². The molecule has 1 aliphatic heterocycles. The van der Waals surface area contributed by atoms with Crippen LogP contribution in [0, 0.1) is 11.8 Å². The Morgan fingerprint density at radius 1 is 1.06 bits per heavy atom. The van der Waals surface area contributed by atoms with Gasteiger partial charge < -0.3 is 14.2 Å². The zero-order chi connectivity index (χ0) is 23.3. The number of rotatable bonds is 6. The number of amides is 1. The molecule has 31 heavy (non-hydrogen) atoms. The highest BCUT2D eigenvalue weighted by Gasteiger charge is 2.49. The van der Waals surface area contributed by atoms with Gasteiger partial charge in [0.25, 0.3) is 0 Å². The number of ketones is 1. The molecule has 7 nitrogen and oxygen atoms in total. The average molecular weight is 432 g/mol. The summed E-state index contributed by atoms with van der Waals surface area (Å²) in [6, 6.07) is 6.41. The number of esters is 1. The van der Waals surface area contributed by atoms with Crippen molar-refractivity contribution in [2.75, 3.05) is 14.2 Å². The Bertz CT molecular complexity index is 821. The molecule has 0 aromatic heterocycles. The van der Waals surface area contributed by atoms with Crippen LogP contribution in [0.1, 0.15) is 52.6 Å². The van der Waals surface area contributed by atoms with E-state index >= 15 is 0 Å². The Labute approximate surface area is 184 Å². The van der Waals surface area contributed by atoms with Gasteiger partial charge in [0.15, 0.2) is 5.78 Å². The van der Waals surface area contributed by atoms with E-state index in [4.69, 9.17) is 9.47 Å². The van der Waals surface area contributed by atoms with Crippen LogP contribution in [0.15, 0.2) is 36.4 Å². The molecule has 1 aromatic rings. The lowest BCUT2D eigenvalue weighted by molar-refractivity contribution is -0.135. The maximum absolute atomic E-state index is 13.3. The van der Waals surface area contributed by atoms with Crippen LogP contribution in [0.3, 0.4) is 0 Å². The monoisotopic (exact) mass is 431 g/mol. The van der Waals surface area contributed by atoms with Gasteiger partial charge in [0.05, 0.1) is 26.3 Å². The summed E-state index contributed by atoms with van der Waals surface area (Å²) in [7, 11) is 2.84. The van der Waals surface area contributed by atoms with E-state index in [9.17, 15) is 14.4 Å². The number of hydrogen-bond acceptors (Lipinski definition) is 6. The summed E-state index contributed by atoms with van der Waals surface area (Å²) in [5.41, 5.74) is 0.185. The van der Waals surface area contributed by atoms with Crippen LogP contribution >= 0.6 is 0 Å². The number of hydrogen-bond donors (Lipinski definition) is 0. The first kappa shape index (κ1) is 24.4. The smallest absolute Gasteiger partial charge is 0.411 e. The van der Waals surface area contributed by atoms with Gasteiger partial charge in [-0.1, -0.05) is 26.0 Å². The van der Waals surface area contributed by atoms with E-state index in [-0.39, 0.29) is 23.7 Å². The van der Waals surface area contributed by atoms with Gasteiger partial charge >= 0.3 is 12.1 Å². The highest BCUT2D eigenvalue weighted by Crippen LogP contribution is 2.46. The SMILES string of the molecule is COC(=O)/C=C/C(=O)[C@@H]1C[C@@H](C(C)C)[C@H](c2ccc(OC)cc2)N1C(=O)OC(C)(C)C. The number of ether oxygens (including phenoxy) is 3. The number of likely N-dealkylation sites (tertiary alicyclic amines) is 1. The quantitative estimate of drug-likeness (QED) is 0.493. The Hall–Kier alpha value is -2.83. The first-order valence-electron chi connectivity index (χ1n) is 10.4. The van der Waals surface area contributed by atoms with Crippen LogP contribution in [0.25, 0.3) is 0 Å². The molecule has 1 aliphatic rings. The maximum atomic E-state index is 13.3. The van der Waals surface area contributed by atoms with Crippen molar-refractivity contribution in [2.45, 2.75) is 58.7 Å². The first-order chi connectivity index (χ1) is 14.5. The lowest BCUT2D eigenvalue weighted by Gasteiger charge is -2.34. The summed E-state index contributed by atoms with van der Waals surface area (Å²) in [5.74, 6) is -0.0127.